The standard InChI is InChI=1S/C6H15BO8P2Se/c1-3-5(8)4(14-6(3)7)2-13-17(12,18)15-16(9,10)11/h3-6,8H,2,7H2,1H3,(H,12,18)(H2,9,10,11)/t3-,4-,5+,6-,17?/m1/s1. The second-order valence-corrected chi connectivity index (χ2v) is 9.80. The van der Waals surface area contributed by atoms with Gasteiger partial charge in [0.05, 0.1) is 0 Å². The summed E-state index contributed by atoms with van der Waals surface area (Å²) in [7, 11) is -3.06. The van der Waals surface area contributed by atoms with E-state index in [0.29, 0.717) is 0 Å². The maximum absolute atomic E-state index is 10.6. The van der Waals surface area contributed by atoms with Gasteiger partial charge >= 0.3 is 113 Å². The Morgan fingerprint density at radius 2 is 2.00 bits per heavy atom. The van der Waals surface area contributed by atoms with E-state index in [1.807, 2.05) is 0 Å². The predicted molar refractivity (Wildman–Crippen MR) is 66.3 cm³/mol. The minimum absolute atomic E-state index is 0.0893. The number of aliphatic hydroxyl groups excluding tert-OH is 1. The SMILES string of the molecule is B[C@@H]1O[C@H](COP(O)(=[Se])OP(=O)(O)O)[C@@H](O)[C@H]1C. The van der Waals surface area contributed by atoms with E-state index in [2.05, 4.69) is 19.4 Å². The van der Waals surface area contributed by atoms with E-state index in [9.17, 15) is 14.6 Å². The van der Waals surface area contributed by atoms with E-state index < -0.39 is 26.2 Å². The van der Waals surface area contributed by atoms with Crippen LogP contribution in [-0.4, -0.2) is 67.5 Å². The van der Waals surface area contributed by atoms with Crippen LogP contribution in [0, 0.1) is 5.92 Å². The fraction of sp³-hybridized carbons (Fsp3) is 1.00. The molecule has 106 valence electrons. The molecule has 18 heavy (non-hydrogen) atoms. The monoisotopic (exact) mass is 368 g/mol. The number of rotatable bonds is 5. The van der Waals surface area contributed by atoms with E-state index in [1.165, 1.54) is 0 Å². The summed E-state index contributed by atoms with van der Waals surface area (Å²) in [5.74, 6) is -0.0893. The molecule has 1 aliphatic heterocycles. The Bertz CT molecular complexity index is 388. The molecule has 1 rings (SSSR count). The van der Waals surface area contributed by atoms with Gasteiger partial charge in [-0.05, 0) is 0 Å². The first-order chi connectivity index (χ1) is 8.02. The van der Waals surface area contributed by atoms with Crippen LogP contribution >= 0.6 is 14.0 Å². The molecule has 1 unspecified atom stereocenters. The normalized spacial score (nSPS) is 36.5. The second kappa shape index (κ2) is 6.16. The van der Waals surface area contributed by atoms with Gasteiger partial charge in [0, 0.05) is 0 Å². The summed E-state index contributed by atoms with van der Waals surface area (Å²) in [5, 5.41) is 9.78. The van der Waals surface area contributed by atoms with Crippen LogP contribution in [0.2, 0.25) is 0 Å². The van der Waals surface area contributed by atoms with E-state index in [0.717, 1.165) is 0 Å². The second-order valence-electron chi connectivity index (χ2n) is 4.07. The molecule has 0 saturated carbocycles. The molecule has 5 atom stereocenters. The molecule has 1 heterocycles. The molecule has 1 saturated heterocycles. The first-order valence-corrected chi connectivity index (χ1v) is 10.4. The quantitative estimate of drug-likeness (QED) is 0.335. The molecule has 0 aromatic heterocycles. The van der Waals surface area contributed by atoms with Crippen molar-refractivity contribution in [3.8, 4) is 0 Å². The number of hydrogen-bond acceptors (Lipinski definition) is 6. The fourth-order valence-corrected chi connectivity index (χ4v) is 5.18. The minimum atomic E-state index is -4.85. The molecule has 0 aromatic rings. The summed E-state index contributed by atoms with van der Waals surface area (Å²) in [6.07, 6.45) is -5.20. The topological polar surface area (TPSA) is 126 Å². The zero-order chi connectivity index (χ0) is 14.1. The summed E-state index contributed by atoms with van der Waals surface area (Å²) in [6, 6.07) is -0.163. The first kappa shape index (κ1) is 17.0. The van der Waals surface area contributed by atoms with Crippen molar-refractivity contribution in [3.63, 3.8) is 0 Å². The van der Waals surface area contributed by atoms with Crippen LogP contribution in [-0.2, 0) is 18.1 Å². The summed E-state index contributed by atoms with van der Waals surface area (Å²) in [4.78, 5) is 26.6. The zero-order valence-corrected chi connectivity index (χ0v) is 13.2. The Hall–Kier alpha value is 0.964. The van der Waals surface area contributed by atoms with E-state index >= 15 is 0 Å². The number of ether oxygens (including phenoxy) is 1. The summed E-state index contributed by atoms with van der Waals surface area (Å²) in [5.41, 5.74) is 0. The molecule has 0 radical (unpaired) electrons. The molecule has 1 aliphatic rings. The third kappa shape index (κ3) is 5.15. The molecule has 12 heteroatoms. The molecular formula is C6H15BO8P2Se. The van der Waals surface area contributed by atoms with Gasteiger partial charge in [-0.3, -0.25) is 0 Å². The third-order valence-corrected chi connectivity index (χ3v) is 6.74. The Morgan fingerprint density at radius 1 is 1.44 bits per heavy atom. The van der Waals surface area contributed by atoms with E-state index in [1.54, 1.807) is 14.8 Å². The molecule has 1 fully saturated rings. The molecule has 0 bridgehead atoms. The van der Waals surface area contributed by atoms with Gasteiger partial charge in [0.1, 0.15) is 0 Å². The van der Waals surface area contributed by atoms with Gasteiger partial charge in [0.15, 0.2) is 0 Å². The van der Waals surface area contributed by atoms with Gasteiger partial charge in [0.2, 0.25) is 0 Å². The molecule has 0 amide bonds. The van der Waals surface area contributed by atoms with Gasteiger partial charge in [-0.2, -0.15) is 0 Å². The van der Waals surface area contributed by atoms with Gasteiger partial charge in [-0.1, -0.05) is 0 Å². The molecule has 0 spiro atoms. The van der Waals surface area contributed by atoms with Gasteiger partial charge in [-0.15, -0.1) is 0 Å². The number of aliphatic hydroxyl groups is 1. The molecule has 4 N–H and O–H groups in total. The van der Waals surface area contributed by atoms with Crippen molar-refractivity contribution in [1.82, 2.24) is 0 Å². The predicted octanol–water partition coefficient (Wildman–Crippen LogP) is -1.69. The maximum atomic E-state index is 10.6. The van der Waals surface area contributed by atoms with Crippen molar-refractivity contribution in [2.45, 2.75) is 25.1 Å². The van der Waals surface area contributed by atoms with E-state index in [-0.39, 0.29) is 18.5 Å². The molecule has 0 aromatic carbocycles. The van der Waals surface area contributed by atoms with Crippen molar-refractivity contribution >= 4 is 37.0 Å². The molecule has 8 nitrogen and oxygen atoms in total. The van der Waals surface area contributed by atoms with Crippen molar-refractivity contribution in [2.75, 3.05) is 6.61 Å². The average molecular weight is 367 g/mol. The average Bonchev–Trinajstić information content (AvgIpc) is 2.39. The Kier molecular flexibility index (Phi) is 5.83. The summed E-state index contributed by atoms with van der Waals surface area (Å²) in [6.45, 7) is 1.58. The number of phosphoric acid groups is 1. The van der Waals surface area contributed by atoms with Crippen molar-refractivity contribution in [1.29, 1.82) is 0 Å². The molecular weight excluding hydrogens is 352 g/mol. The van der Waals surface area contributed by atoms with Crippen molar-refractivity contribution < 1.29 is 37.9 Å². The van der Waals surface area contributed by atoms with Gasteiger partial charge < -0.3 is 0 Å². The Morgan fingerprint density at radius 3 is 2.39 bits per heavy atom. The zero-order valence-electron chi connectivity index (χ0n) is 9.74. The van der Waals surface area contributed by atoms with Crippen LogP contribution in [0.1, 0.15) is 6.92 Å². The van der Waals surface area contributed by atoms with Crippen LogP contribution in [0.5, 0.6) is 0 Å². The fourth-order valence-electron chi connectivity index (χ4n) is 1.56. The third-order valence-electron chi connectivity index (χ3n) is 2.66. The van der Waals surface area contributed by atoms with Crippen LogP contribution in [0.3, 0.4) is 0 Å². The molecule has 0 aliphatic carbocycles. The summed E-state index contributed by atoms with van der Waals surface area (Å²) >= 11 is 2.06. The van der Waals surface area contributed by atoms with Crippen LogP contribution in [0.25, 0.3) is 0 Å². The van der Waals surface area contributed by atoms with E-state index in [4.69, 9.17) is 19.0 Å². The Labute approximate surface area is 113 Å². The van der Waals surface area contributed by atoms with Crippen LogP contribution < -0.4 is 0 Å². The van der Waals surface area contributed by atoms with Crippen molar-refractivity contribution in [2.24, 2.45) is 5.92 Å². The number of hydrogen-bond donors (Lipinski definition) is 4. The van der Waals surface area contributed by atoms with Gasteiger partial charge in [0.25, 0.3) is 0 Å². The van der Waals surface area contributed by atoms with Crippen molar-refractivity contribution in [3.05, 3.63) is 0 Å². The Balaban J connectivity index is 2.51. The van der Waals surface area contributed by atoms with Crippen LogP contribution in [0.15, 0.2) is 0 Å². The van der Waals surface area contributed by atoms with Gasteiger partial charge in [-0.25, -0.2) is 0 Å². The van der Waals surface area contributed by atoms with Crippen LogP contribution in [0.4, 0.5) is 0 Å². The first-order valence-electron chi connectivity index (χ1n) is 5.09. The summed E-state index contributed by atoms with van der Waals surface area (Å²) < 4.78 is 24.9.